The highest BCUT2D eigenvalue weighted by Gasteiger charge is 2.20. The highest BCUT2D eigenvalue weighted by Crippen LogP contribution is 2.34. The summed E-state index contributed by atoms with van der Waals surface area (Å²) in [5.74, 6) is 0.727. The molecule has 0 spiro atoms. The molecule has 3 heterocycles. The van der Waals surface area contributed by atoms with Gasteiger partial charge < -0.3 is 13.6 Å². The highest BCUT2D eigenvalue weighted by atomic mass is 32.1. The van der Waals surface area contributed by atoms with Crippen molar-refractivity contribution in [3.05, 3.63) is 75.5 Å². The van der Waals surface area contributed by atoms with Gasteiger partial charge >= 0.3 is 5.97 Å². The van der Waals surface area contributed by atoms with Crippen LogP contribution in [-0.2, 0) is 0 Å². The van der Waals surface area contributed by atoms with E-state index < -0.39 is 5.97 Å². The molecule has 0 amide bonds. The van der Waals surface area contributed by atoms with E-state index in [0.717, 1.165) is 4.88 Å². The molecule has 26 heavy (non-hydrogen) atoms. The fourth-order valence-corrected chi connectivity index (χ4v) is 3.67. The Balaban J connectivity index is 1.98. The smallest absolute Gasteiger partial charge is 0.379 e. The summed E-state index contributed by atoms with van der Waals surface area (Å²) in [6, 6.07) is 10.2. The van der Waals surface area contributed by atoms with Crippen LogP contribution in [-0.4, -0.2) is 5.97 Å². The van der Waals surface area contributed by atoms with Gasteiger partial charge in [-0.15, -0.1) is 11.3 Å². The van der Waals surface area contributed by atoms with Crippen LogP contribution < -0.4 is 10.2 Å². The molecule has 0 unspecified atom stereocenters. The topological polar surface area (TPSA) is 69.7 Å². The average molecular weight is 366 g/mol. The van der Waals surface area contributed by atoms with E-state index in [4.69, 9.17) is 13.6 Å². The molecule has 0 saturated carbocycles. The van der Waals surface area contributed by atoms with Crippen LogP contribution in [0.1, 0.15) is 22.1 Å². The molecule has 0 aliphatic rings. The molecule has 4 aromatic rings. The Bertz CT molecular complexity index is 1150. The van der Waals surface area contributed by atoms with E-state index in [1.807, 2.05) is 17.5 Å². The Kier molecular flexibility index (Phi) is 3.97. The number of hydrogen-bond donors (Lipinski definition) is 0. The van der Waals surface area contributed by atoms with Crippen molar-refractivity contribution in [1.82, 2.24) is 0 Å². The van der Waals surface area contributed by atoms with Crippen LogP contribution in [0.3, 0.4) is 0 Å². The van der Waals surface area contributed by atoms with E-state index in [0.29, 0.717) is 27.9 Å². The van der Waals surface area contributed by atoms with Crippen LogP contribution in [0.5, 0.6) is 5.75 Å². The Morgan fingerprint density at radius 2 is 1.88 bits per heavy atom. The van der Waals surface area contributed by atoms with Crippen LogP contribution in [0.25, 0.3) is 21.2 Å². The third-order valence-electron chi connectivity index (χ3n) is 4.06. The van der Waals surface area contributed by atoms with Crippen molar-refractivity contribution in [2.45, 2.75) is 13.8 Å². The summed E-state index contributed by atoms with van der Waals surface area (Å²) in [6.45, 7) is 3.46. The number of hydrogen-bond acceptors (Lipinski definition) is 6. The highest BCUT2D eigenvalue weighted by molar-refractivity contribution is 7.13. The molecule has 0 atom stereocenters. The molecule has 0 N–H and O–H groups in total. The van der Waals surface area contributed by atoms with Crippen LogP contribution in [0.4, 0.5) is 0 Å². The van der Waals surface area contributed by atoms with Crippen LogP contribution in [0.15, 0.2) is 61.7 Å². The minimum absolute atomic E-state index is 0.0857. The second kappa shape index (κ2) is 6.31. The summed E-state index contributed by atoms with van der Waals surface area (Å²) >= 11 is 1.50. The molecule has 0 radical (unpaired) electrons. The fraction of sp³-hybridized carbons (Fsp3) is 0.100. The molecular formula is C20H14O5S. The van der Waals surface area contributed by atoms with E-state index in [2.05, 4.69) is 0 Å². The van der Waals surface area contributed by atoms with Crippen molar-refractivity contribution < 1.29 is 18.4 Å². The van der Waals surface area contributed by atoms with Gasteiger partial charge in [0.15, 0.2) is 5.43 Å². The van der Waals surface area contributed by atoms with Crippen LogP contribution in [0.2, 0.25) is 0 Å². The van der Waals surface area contributed by atoms with E-state index in [-0.39, 0.29) is 16.9 Å². The molecule has 0 aliphatic heterocycles. The largest absolute Gasteiger partial charge is 0.465 e. The summed E-state index contributed by atoms with van der Waals surface area (Å²) in [5, 5.41) is 2.83. The number of furan rings is 2. The molecule has 0 saturated heterocycles. The Labute approximate surface area is 152 Å². The first kappa shape index (κ1) is 16.4. The monoisotopic (exact) mass is 366 g/mol. The molecule has 0 fully saturated rings. The first-order valence-corrected chi connectivity index (χ1v) is 8.80. The van der Waals surface area contributed by atoms with Crippen molar-refractivity contribution in [2.75, 3.05) is 0 Å². The maximum Gasteiger partial charge on any atom is 0.379 e. The quantitative estimate of drug-likeness (QED) is 0.480. The summed E-state index contributed by atoms with van der Waals surface area (Å²) < 4.78 is 16.3. The molecule has 130 valence electrons. The molecule has 0 aliphatic carbocycles. The number of ether oxygens (including phenoxy) is 1. The number of thiophene rings is 1. The van der Waals surface area contributed by atoms with E-state index in [1.54, 1.807) is 32.0 Å². The maximum absolute atomic E-state index is 12.8. The van der Waals surface area contributed by atoms with Gasteiger partial charge in [0.25, 0.3) is 0 Å². The summed E-state index contributed by atoms with van der Waals surface area (Å²) in [7, 11) is 0. The molecule has 6 heteroatoms. The van der Waals surface area contributed by atoms with Crippen molar-refractivity contribution in [3.8, 4) is 16.2 Å². The lowest BCUT2D eigenvalue weighted by Gasteiger charge is -2.03. The third-order valence-corrected chi connectivity index (χ3v) is 4.98. The molecule has 1 aromatic carbocycles. The van der Waals surface area contributed by atoms with E-state index in [9.17, 15) is 9.59 Å². The van der Waals surface area contributed by atoms with Gasteiger partial charge in [-0.2, -0.15) is 0 Å². The van der Waals surface area contributed by atoms with E-state index >= 15 is 0 Å². The van der Waals surface area contributed by atoms with Gasteiger partial charge in [-0.25, -0.2) is 4.79 Å². The summed E-state index contributed by atoms with van der Waals surface area (Å²) in [4.78, 5) is 26.1. The zero-order valence-electron chi connectivity index (χ0n) is 14.1. The van der Waals surface area contributed by atoms with Crippen LogP contribution >= 0.6 is 11.3 Å². The Hall–Kier alpha value is -3.12. The van der Waals surface area contributed by atoms with E-state index in [1.165, 1.54) is 23.7 Å². The standard InChI is InChI=1S/C20H14O5S/c1-11-18-14(21)9-13(17-6-4-8-26-17)10-16(19(18)12(2)24-11)25-20(22)15-5-3-7-23-15/h3-10H,1-2H3. The fourth-order valence-electron chi connectivity index (χ4n) is 2.96. The molecule has 5 nitrogen and oxygen atoms in total. The van der Waals surface area contributed by atoms with Gasteiger partial charge in [0.1, 0.15) is 17.3 Å². The number of carbonyl (C=O) groups excluding carboxylic acids is 1. The molecule has 3 aromatic heterocycles. The van der Waals surface area contributed by atoms with Gasteiger partial charge in [0.05, 0.1) is 17.0 Å². The Morgan fingerprint density at radius 3 is 2.58 bits per heavy atom. The molecule has 0 bridgehead atoms. The summed E-state index contributed by atoms with van der Waals surface area (Å²) in [5.41, 5.74) is 0.500. The maximum atomic E-state index is 12.8. The minimum Gasteiger partial charge on any atom is -0.465 e. The van der Waals surface area contributed by atoms with Gasteiger partial charge in [0, 0.05) is 4.88 Å². The summed E-state index contributed by atoms with van der Waals surface area (Å²) in [6.07, 6.45) is 1.40. The third kappa shape index (κ3) is 2.74. The number of esters is 1. The predicted octanol–water partition coefficient (Wildman–Crippen LogP) is 4.95. The lowest BCUT2D eigenvalue weighted by molar-refractivity contribution is 0.0704. The van der Waals surface area contributed by atoms with Gasteiger partial charge in [-0.3, -0.25) is 4.79 Å². The van der Waals surface area contributed by atoms with Gasteiger partial charge in [-0.1, -0.05) is 6.07 Å². The number of carbonyl (C=O) groups is 1. The molecule has 4 rings (SSSR count). The zero-order chi connectivity index (χ0) is 18.3. The van der Waals surface area contributed by atoms with Crippen LogP contribution in [0, 0.1) is 13.8 Å². The number of fused-ring (bicyclic) bond motifs is 1. The number of rotatable bonds is 3. The SMILES string of the molecule is Cc1oc(C)c2c(=O)cc(-c3cccs3)cc(OC(=O)c3ccco3)c12. The number of aryl methyl sites for hydroxylation is 2. The molecular weight excluding hydrogens is 352 g/mol. The van der Waals surface area contributed by atoms with Crippen molar-refractivity contribution in [1.29, 1.82) is 0 Å². The second-order valence-electron chi connectivity index (χ2n) is 5.78. The lowest BCUT2D eigenvalue weighted by atomic mass is 10.2. The van der Waals surface area contributed by atoms with Crippen molar-refractivity contribution in [2.24, 2.45) is 0 Å². The average Bonchev–Trinajstić information content (AvgIpc) is 3.33. The Morgan fingerprint density at radius 1 is 1.08 bits per heavy atom. The van der Waals surface area contributed by atoms with Gasteiger partial charge in [0.2, 0.25) is 5.76 Å². The first-order chi connectivity index (χ1) is 12.5. The normalized spacial score (nSPS) is 11.0. The van der Waals surface area contributed by atoms with Gasteiger partial charge in [-0.05, 0) is 55.1 Å². The first-order valence-electron chi connectivity index (χ1n) is 7.92. The predicted molar refractivity (Wildman–Crippen MR) is 98.9 cm³/mol. The second-order valence-corrected chi connectivity index (χ2v) is 6.73. The van der Waals surface area contributed by atoms with Crippen molar-refractivity contribution in [3.63, 3.8) is 0 Å². The van der Waals surface area contributed by atoms with Crippen molar-refractivity contribution >= 4 is 28.1 Å². The minimum atomic E-state index is -0.634. The zero-order valence-corrected chi connectivity index (χ0v) is 14.9. The lowest BCUT2D eigenvalue weighted by Crippen LogP contribution is -2.07.